The first-order chi connectivity index (χ1) is 6.15. The van der Waals surface area contributed by atoms with Crippen LogP contribution in [-0.2, 0) is 4.79 Å². The second-order valence-electron chi connectivity index (χ2n) is 3.68. The topological polar surface area (TPSA) is 29.4 Å². The highest BCUT2D eigenvalue weighted by Gasteiger charge is 2.19. The molecule has 1 rings (SSSR count). The molecular weight excluding hydrogens is 162 g/mol. The van der Waals surface area contributed by atoms with Crippen molar-refractivity contribution < 1.29 is 4.79 Å². The number of carbonyl (C=O) groups excluding carboxylic acids is 1. The molecule has 1 aliphatic carbocycles. The number of allylic oxidation sites excluding steroid dienone is 2. The Kier molecular flexibility index (Phi) is 3.40. The molecule has 0 amide bonds. The summed E-state index contributed by atoms with van der Waals surface area (Å²) in [5.41, 5.74) is 1.91. The maximum absolute atomic E-state index is 11.1. The van der Waals surface area contributed by atoms with E-state index in [4.69, 9.17) is 0 Å². The monoisotopic (exact) mass is 179 g/mol. The smallest absolute Gasteiger partial charge is 0.177 e. The van der Waals surface area contributed by atoms with Crippen LogP contribution in [0.2, 0.25) is 0 Å². The molecule has 0 aromatic heterocycles. The Morgan fingerprint density at radius 2 is 2.00 bits per heavy atom. The van der Waals surface area contributed by atoms with Gasteiger partial charge in [0, 0.05) is 14.0 Å². The first-order valence-corrected chi connectivity index (χ1v) is 4.81. The molecule has 0 aliphatic heterocycles. The molecule has 0 aromatic rings. The van der Waals surface area contributed by atoms with Crippen LogP contribution >= 0.6 is 0 Å². The molecule has 72 valence electrons. The Hall–Kier alpha value is -0.920. The third kappa shape index (κ3) is 2.51. The summed E-state index contributed by atoms with van der Waals surface area (Å²) in [5.74, 6) is 0.761. The van der Waals surface area contributed by atoms with E-state index in [2.05, 4.69) is 11.9 Å². The number of rotatable bonds is 3. The van der Waals surface area contributed by atoms with Crippen molar-refractivity contribution in [3.05, 3.63) is 11.6 Å². The molecule has 0 bridgehead atoms. The molecule has 0 saturated heterocycles. The van der Waals surface area contributed by atoms with Crippen molar-refractivity contribution in [3.63, 3.8) is 0 Å². The largest absolute Gasteiger partial charge is 0.293 e. The highest BCUT2D eigenvalue weighted by atomic mass is 16.1. The van der Waals surface area contributed by atoms with Gasteiger partial charge in [-0.3, -0.25) is 9.79 Å². The highest BCUT2D eigenvalue weighted by molar-refractivity contribution is 6.43. The van der Waals surface area contributed by atoms with Gasteiger partial charge in [-0.25, -0.2) is 0 Å². The number of aliphatic imine (C=N–C) groups is 1. The van der Waals surface area contributed by atoms with Gasteiger partial charge in [-0.2, -0.15) is 0 Å². The summed E-state index contributed by atoms with van der Waals surface area (Å²) in [6.07, 6.45) is 5.81. The van der Waals surface area contributed by atoms with E-state index in [0.29, 0.717) is 11.6 Å². The lowest BCUT2D eigenvalue weighted by Crippen LogP contribution is -2.15. The molecule has 1 aliphatic rings. The van der Waals surface area contributed by atoms with E-state index in [1.165, 1.54) is 24.8 Å². The summed E-state index contributed by atoms with van der Waals surface area (Å²) in [5, 5.41) is 0. The Balaban J connectivity index is 2.66. The van der Waals surface area contributed by atoms with E-state index in [-0.39, 0.29) is 5.78 Å². The van der Waals surface area contributed by atoms with Gasteiger partial charge < -0.3 is 0 Å². The van der Waals surface area contributed by atoms with Crippen molar-refractivity contribution in [2.24, 2.45) is 10.9 Å². The average Bonchev–Trinajstić information content (AvgIpc) is 1.96. The number of hydrogen-bond acceptors (Lipinski definition) is 2. The second kappa shape index (κ2) is 4.35. The van der Waals surface area contributed by atoms with Gasteiger partial charge in [-0.05, 0) is 31.8 Å². The van der Waals surface area contributed by atoms with Gasteiger partial charge in [0.05, 0.1) is 5.71 Å². The minimum Gasteiger partial charge on any atom is -0.293 e. The van der Waals surface area contributed by atoms with Gasteiger partial charge in [-0.1, -0.05) is 12.0 Å². The van der Waals surface area contributed by atoms with Crippen LogP contribution in [0.25, 0.3) is 0 Å². The zero-order valence-corrected chi connectivity index (χ0v) is 8.63. The van der Waals surface area contributed by atoms with Crippen LogP contribution < -0.4 is 0 Å². The third-order valence-corrected chi connectivity index (χ3v) is 2.72. The van der Waals surface area contributed by atoms with E-state index in [0.717, 1.165) is 0 Å². The number of ketones is 1. The van der Waals surface area contributed by atoms with Gasteiger partial charge in [0.2, 0.25) is 0 Å². The summed E-state index contributed by atoms with van der Waals surface area (Å²) < 4.78 is 0. The maximum Gasteiger partial charge on any atom is 0.177 e. The molecule has 1 fully saturated rings. The van der Waals surface area contributed by atoms with Crippen LogP contribution in [-0.4, -0.2) is 18.5 Å². The lowest BCUT2D eigenvalue weighted by atomic mass is 9.80. The van der Waals surface area contributed by atoms with Crippen molar-refractivity contribution >= 4 is 11.5 Å². The Bertz CT molecular complexity index is 259. The molecule has 0 atom stereocenters. The van der Waals surface area contributed by atoms with Crippen molar-refractivity contribution in [2.75, 3.05) is 7.05 Å². The fourth-order valence-electron chi connectivity index (χ4n) is 1.52. The molecule has 0 N–H and O–H groups in total. The predicted octanol–water partition coefficient (Wildman–Crippen LogP) is 2.39. The molecule has 0 radical (unpaired) electrons. The zero-order valence-electron chi connectivity index (χ0n) is 8.63. The van der Waals surface area contributed by atoms with E-state index >= 15 is 0 Å². The van der Waals surface area contributed by atoms with E-state index < -0.39 is 0 Å². The lowest BCUT2D eigenvalue weighted by molar-refractivity contribution is -0.111. The van der Waals surface area contributed by atoms with Gasteiger partial charge in [-0.15, -0.1) is 0 Å². The van der Waals surface area contributed by atoms with Crippen LogP contribution in [0.5, 0.6) is 0 Å². The number of hydrogen-bond donors (Lipinski definition) is 0. The molecule has 0 aromatic carbocycles. The molecule has 2 heteroatoms. The minimum atomic E-state index is 0.0566. The maximum atomic E-state index is 11.1. The summed E-state index contributed by atoms with van der Waals surface area (Å²) in [4.78, 5) is 15.0. The standard InChI is InChI=1S/C11H17NO/c1-8(10-5-4-6-10)7-11(12-3)9(2)13/h7,10H,4-6H2,1-3H3/b8-7+,12-11?. The van der Waals surface area contributed by atoms with Crippen molar-refractivity contribution in [1.29, 1.82) is 0 Å². The fraction of sp³-hybridized carbons (Fsp3) is 0.636. The Labute approximate surface area is 79.8 Å². The van der Waals surface area contributed by atoms with E-state index in [1.54, 1.807) is 14.0 Å². The van der Waals surface area contributed by atoms with Crippen LogP contribution in [0, 0.1) is 5.92 Å². The van der Waals surface area contributed by atoms with E-state index in [9.17, 15) is 4.79 Å². The lowest BCUT2D eigenvalue weighted by Gasteiger charge is -2.26. The number of Topliss-reactive ketones (excluding diaryl/α,β-unsaturated/α-hetero) is 1. The average molecular weight is 179 g/mol. The normalized spacial score (nSPS) is 19.9. The molecular formula is C11H17NO. The predicted molar refractivity (Wildman–Crippen MR) is 55.1 cm³/mol. The van der Waals surface area contributed by atoms with Crippen LogP contribution in [0.3, 0.4) is 0 Å². The van der Waals surface area contributed by atoms with Gasteiger partial charge in [0.15, 0.2) is 5.78 Å². The summed E-state index contributed by atoms with van der Waals surface area (Å²) >= 11 is 0. The van der Waals surface area contributed by atoms with Crippen LogP contribution in [0.15, 0.2) is 16.6 Å². The SMILES string of the molecule is CN=C(/C=C(\C)C1CCC1)C(C)=O. The van der Waals surface area contributed by atoms with Gasteiger partial charge in [0.1, 0.15) is 0 Å². The van der Waals surface area contributed by atoms with E-state index in [1.807, 2.05) is 6.08 Å². The van der Waals surface area contributed by atoms with Gasteiger partial charge in [0.25, 0.3) is 0 Å². The minimum absolute atomic E-state index is 0.0566. The van der Waals surface area contributed by atoms with Gasteiger partial charge >= 0.3 is 0 Å². The molecule has 13 heavy (non-hydrogen) atoms. The molecule has 2 nitrogen and oxygen atoms in total. The Morgan fingerprint density at radius 3 is 2.31 bits per heavy atom. The first kappa shape index (κ1) is 10.2. The zero-order chi connectivity index (χ0) is 9.84. The quantitative estimate of drug-likeness (QED) is 0.612. The molecule has 1 saturated carbocycles. The third-order valence-electron chi connectivity index (χ3n) is 2.72. The summed E-state index contributed by atoms with van der Waals surface area (Å²) in [6.45, 7) is 3.66. The summed E-state index contributed by atoms with van der Waals surface area (Å²) in [7, 11) is 1.67. The number of nitrogens with zero attached hydrogens (tertiary/aromatic N) is 1. The Morgan fingerprint density at radius 1 is 1.38 bits per heavy atom. The fourth-order valence-corrected chi connectivity index (χ4v) is 1.52. The van der Waals surface area contributed by atoms with Crippen LogP contribution in [0.1, 0.15) is 33.1 Å². The first-order valence-electron chi connectivity index (χ1n) is 4.81. The number of carbonyl (C=O) groups is 1. The van der Waals surface area contributed by atoms with Crippen LogP contribution in [0.4, 0.5) is 0 Å². The molecule has 0 unspecified atom stereocenters. The highest BCUT2D eigenvalue weighted by Crippen LogP contribution is 2.32. The second-order valence-corrected chi connectivity index (χ2v) is 3.68. The van der Waals surface area contributed by atoms with Crippen molar-refractivity contribution in [3.8, 4) is 0 Å². The molecule has 0 heterocycles. The van der Waals surface area contributed by atoms with Crippen molar-refractivity contribution in [2.45, 2.75) is 33.1 Å². The van der Waals surface area contributed by atoms with Crippen molar-refractivity contribution in [1.82, 2.24) is 0 Å². The summed E-state index contributed by atoms with van der Waals surface area (Å²) in [6, 6.07) is 0. The molecule has 0 spiro atoms.